The molecule has 24 heavy (non-hydrogen) atoms. The maximum Gasteiger partial charge on any atom is 0.418 e. The number of carbonyl (C=O) groups excluding carboxylic acids is 2. The molecule has 136 valence electrons. The van der Waals surface area contributed by atoms with E-state index in [1.54, 1.807) is 0 Å². The number of rotatable bonds is 5. The first-order valence-corrected chi connectivity index (χ1v) is 10.3. The van der Waals surface area contributed by atoms with Gasteiger partial charge in [0.2, 0.25) is 0 Å². The zero-order valence-corrected chi connectivity index (χ0v) is 14.5. The summed E-state index contributed by atoms with van der Waals surface area (Å²) in [7, 11) is -4.78. The summed E-state index contributed by atoms with van der Waals surface area (Å²) in [6, 6.07) is -1.69. The molecule has 12 heteroatoms. The molecule has 0 aromatic heterocycles. The van der Waals surface area contributed by atoms with Crippen LogP contribution in [0.1, 0.15) is 25.7 Å². The van der Waals surface area contributed by atoms with Crippen molar-refractivity contribution in [2.75, 3.05) is 18.1 Å². The summed E-state index contributed by atoms with van der Waals surface area (Å²) >= 11 is 1.88. The van der Waals surface area contributed by atoms with Crippen molar-refractivity contribution in [2.24, 2.45) is 0 Å². The maximum atomic E-state index is 12.4. The van der Waals surface area contributed by atoms with Crippen molar-refractivity contribution in [3.05, 3.63) is 0 Å². The quantitative estimate of drug-likeness (QED) is 0.430. The smallest absolute Gasteiger partial charge is 0.309 e. The van der Waals surface area contributed by atoms with E-state index in [1.807, 2.05) is 11.8 Å². The van der Waals surface area contributed by atoms with Crippen LogP contribution in [0.25, 0.3) is 0 Å². The predicted octanol–water partition coefficient (Wildman–Crippen LogP) is -0.494. The molecule has 0 aliphatic carbocycles. The van der Waals surface area contributed by atoms with Crippen molar-refractivity contribution in [1.29, 1.82) is 0 Å². The topological polar surface area (TPSA) is 128 Å². The van der Waals surface area contributed by atoms with Crippen LogP contribution in [-0.2, 0) is 19.5 Å². The second-order valence-corrected chi connectivity index (χ2v) is 8.26. The van der Waals surface area contributed by atoms with E-state index in [2.05, 4.69) is 15.1 Å². The molecule has 3 aliphatic heterocycles. The molecule has 0 unspecified atom stereocenters. The molecule has 3 fully saturated rings. The zero-order valence-electron chi connectivity index (χ0n) is 12.9. The fourth-order valence-corrected chi connectivity index (χ4v) is 4.70. The molecular weight excluding hydrogens is 360 g/mol. The summed E-state index contributed by atoms with van der Waals surface area (Å²) in [5.74, 6) is 1.77. The summed E-state index contributed by atoms with van der Waals surface area (Å²) in [5, 5.41) is 0.633. The Bertz CT molecular complexity index is 609. The monoisotopic (exact) mass is 380 g/mol. The van der Waals surface area contributed by atoms with Gasteiger partial charge in [-0.3, -0.25) is 14.8 Å². The molecule has 3 amide bonds. The molecule has 3 N–H and O–H groups in total. The average Bonchev–Trinajstić information content (AvgIpc) is 2.77. The van der Waals surface area contributed by atoms with Crippen LogP contribution in [0.3, 0.4) is 0 Å². The maximum absolute atomic E-state index is 12.4. The fourth-order valence-electron chi connectivity index (χ4n) is 3.20. The van der Waals surface area contributed by atoms with E-state index in [0.717, 1.165) is 24.3 Å². The minimum atomic E-state index is -4.78. The number of carbonyl (C=O) groups is 2. The van der Waals surface area contributed by atoms with E-state index in [1.165, 1.54) is 4.90 Å². The number of nitrogens with one attached hydrogen (secondary N) is 2. The molecular formula is C12H20N4O6S2. The van der Waals surface area contributed by atoms with Crippen LogP contribution in [0.5, 0.6) is 0 Å². The molecule has 0 saturated carbocycles. The Morgan fingerprint density at radius 1 is 1.25 bits per heavy atom. The van der Waals surface area contributed by atoms with Gasteiger partial charge in [0.25, 0.3) is 5.91 Å². The number of piperidine rings is 1. The summed E-state index contributed by atoms with van der Waals surface area (Å²) < 4.78 is 34.8. The Labute approximate surface area is 144 Å². The summed E-state index contributed by atoms with van der Waals surface area (Å²) in [6.45, 7) is 0.187. The molecule has 2 atom stereocenters. The number of thioether (sulfide) groups is 1. The fraction of sp³-hybridized carbons (Fsp3) is 0.833. The third-order valence-corrected chi connectivity index (χ3v) is 5.82. The van der Waals surface area contributed by atoms with E-state index in [0.29, 0.717) is 17.9 Å². The Morgan fingerprint density at radius 2 is 1.96 bits per heavy atom. The number of hydroxylamine groups is 2. The Morgan fingerprint density at radius 3 is 2.62 bits per heavy atom. The lowest BCUT2D eigenvalue weighted by molar-refractivity contribution is -0.127. The second-order valence-electron chi connectivity index (χ2n) is 6.03. The van der Waals surface area contributed by atoms with E-state index in [-0.39, 0.29) is 18.5 Å². The van der Waals surface area contributed by atoms with Gasteiger partial charge in [0, 0.05) is 12.6 Å². The van der Waals surface area contributed by atoms with Gasteiger partial charge in [0.15, 0.2) is 0 Å². The highest BCUT2D eigenvalue weighted by molar-refractivity contribution is 7.99. The molecule has 0 spiro atoms. The number of hydrogen-bond donors (Lipinski definition) is 3. The van der Waals surface area contributed by atoms with Gasteiger partial charge in [-0.15, -0.1) is 4.28 Å². The lowest BCUT2D eigenvalue weighted by atomic mass is 10.0. The normalized spacial score (nSPS) is 28.3. The van der Waals surface area contributed by atoms with Crippen molar-refractivity contribution in [1.82, 2.24) is 20.8 Å². The van der Waals surface area contributed by atoms with Crippen molar-refractivity contribution < 1.29 is 26.8 Å². The van der Waals surface area contributed by atoms with Crippen LogP contribution in [-0.4, -0.2) is 71.0 Å². The van der Waals surface area contributed by atoms with Crippen molar-refractivity contribution in [2.45, 2.75) is 43.8 Å². The second kappa shape index (κ2) is 7.04. The molecule has 3 rings (SSSR count). The van der Waals surface area contributed by atoms with Gasteiger partial charge in [-0.1, -0.05) is 0 Å². The summed E-state index contributed by atoms with van der Waals surface area (Å²) in [5.41, 5.74) is 5.68. The van der Waals surface area contributed by atoms with Crippen LogP contribution in [0.15, 0.2) is 0 Å². The van der Waals surface area contributed by atoms with Crippen molar-refractivity contribution in [3.8, 4) is 0 Å². The van der Waals surface area contributed by atoms with Gasteiger partial charge >= 0.3 is 16.4 Å². The average molecular weight is 380 g/mol. The molecule has 3 saturated heterocycles. The number of amides is 3. The van der Waals surface area contributed by atoms with Crippen LogP contribution in [0.2, 0.25) is 0 Å². The predicted molar refractivity (Wildman–Crippen MR) is 85.0 cm³/mol. The third kappa shape index (κ3) is 3.94. The highest BCUT2D eigenvalue weighted by atomic mass is 32.3. The van der Waals surface area contributed by atoms with Gasteiger partial charge in [-0.05, 0) is 37.2 Å². The molecule has 0 radical (unpaired) electrons. The number of hydrazine groups is 1. The molecule has 0 aromatic rings. The number of fused-ring (bicyclic) bond motifs is 2. The SMILES string of the molecule is O=C(NNC1CCSCC1)[C@@H]1CC[C@@H]2CN1C(=O)N2OS(=O)(=O)O. The van der Waals surface area contributed by atoms with Crippen LogP contribution in [0, 0.1) is 0 Å². The van der Waals surface area contributed by atoms with E-state index in [4.69, 9.17) is 4.55 Å². The van der Waals surface area contributed by atoms with Crippen molar-refractivity contribution in [3.63, 3.8) is 0 Å². The van der Waals surface area contributed by atoms with E-state index in [9.17, 15) is 18.0 Å². The minimum absolute atomic E-state index is 0.187. The number of nitrogens with zero attached hydrogens (tertiary/aromatic N) is 2. The third-order valence-electron chi connectivity index (χ3n) is 4.42. The lowest BCUT2D eigenvalue weighted by Crippen LogP contribution is -2.55. The van der Waals surface area contributed by atoms with Crippen molar-refractivity contribution >= 4 is 34.1 Å². The molecule has 3 aliphatic rings. The molecule has 10 nitrogen and oxygen atoms in total. The Kier molecular flexibility index (Phi) is 5.20. The molecule has 2 bridgehead atoms. The van der Waals surface area contributed by atoms with E-state index < -0.39 is 28.5 Å². The van der Waals surface area contributed by atoms with Gasteiger partial charge in [-0.25, -0.2) is 10.2 Å². The molecule has 3 heterocycles. The first kappa shape index (κ1) is 17.7. The highest BCUT2D eigenvalue weighted by Crippen LogP contribution is 2.30. The number of urea groups is 1. The van der Waals surface area contributed by atoms with E-state index >= 15 is 0 Å². The lowest BCUT2D eigenvalue weighted by Gasteiger charge is -2.30. The van der Waals surface area contributed by atoms with Gasteiger partial charge in [-0.2, -0.15) is 25.2 Å². The Balaban J connectivity index is 1.58. The largest absolute Gasteiger partial charge is 0.418 e. The zero-order chi connectivity index (χ0) is 17.3. The first-order valence-electron chi connectivity index (χ1n) is 7.75. The summed E-state index contributed by atoms with van der Waals surface area (Å²) in [6.07, 6.45) is 2.75. The minimum Gasteiger partial charge on any atom is -0.309 e. The highest BCUT2D eigenvalue weighted by Gasteiger charge is 2.49. The summed E-state index contributed by atoms with van der Waals surface area (Å²) in [4.78, 5) is 25.9. The van der Waals surface area contributed by atoms with Crippen LogP contribution >= 0.6 is 11.8 Å². The number of hydrogen-bond acceptors (Lipinski definition) is 7. The molecule has 0 aromatic carbocycles. The van der Waals surface area contributed by atoms with Gasteiger partial charge in [0.1, 0.15) is 6.04 Å². The van der Waals surface area contributed by atoms with Gasteiger partial charge < -0.3 is 4.90 Å². The van der Waals surface area contributed by atoms with Crippen LogP contribution < -0.4 is 10.9 Å². The standard InChI is InChI=1S/C12H20N4O6S2/c17-11(14-13-8-3-5-23-6-4-8)10-2-1-9-7-15(10)12(18)16(9)22-24(19,20)21/h8-10,13H,1-7H2,(H,14,17)(H,19,20,21)/t9-,10+/m1/s1. The first-order chi connectivity index (χ1) is 11.3. The van der Waals surface area contributed by atoms with Crippen LogP contribution in [0.4, 0.5) is 4.79 Å². The Hall–Kier alpha value is -1.08. The van der Waals surface area contributed by atoms with Gasteiger partial charge in [0.05, 0.1) is 6.04 Å².